The molecule has 3 atom stereocenters. The van der Waals surface area contributed by atoms with Crippen LogP contribution in [0.25, 0.3) is 6.08 Å². The molecule has 2 amide bonds. The zero-order valence-corrected chi connectivity index (χ0v) is 16.3. The van der Waals surface area contributed by atoms with E-state index in [1.807, 2.05) is 29.4 Å². The van der Waals surface area contributed by atoms with Gasteiger partial charge >= 0.3 is 0 Å². The Kier molecular flexibility index (Phi) is 4.62. The van der Waals surface area contributed by atoms with Gasteiger partial charge in [0.1, 0.15) is 5.82 Å². The number of carbonyl (C=O) groups is 2. The summed E-state index contributed by atoms with van der Waals surface area (Å²) in [5.41, 5.74) is 3.30. The van der Waals surface area contributed by atoms with Crippen LogP contribution in [-0.4, -0.2) is 39.8 Å². The van der Waals surface area contributed by atoms with Gasteiger partial charge in [0.2, 0.25) is 11.8 Å². The molecule has 0 aromatic carbocycles. The van der Waals surface area contributed by atoms with E-state index in [0.29, 0.717) is 36.4 Å². The summed E-state index contributed by atoms with van der Waals surface area (Å²) in [5.74, 6) is 2.52. The number of hydrogen-bond donors (Lipinski definition) is 1. The molecule has 6 heteroatoms. The number of fused-ring (bicyclic) bond motifs is 2. The summed E-state index contributed by atoms with van der Waals surface area (Å²) in [5, 5.41) is 2.78. The third kappa shape index (κ3) is 3.67. The molecule has 2 aliphatic heterocycles. The molecule has 2 fully saturated rings. The van der Waals surface area contributed by atoms with Crippen molar-refractivity contribution >= 4 is 23.7 Å². The molecule has 0 bridgehead atoms. The predicted molar refractivity (Wildman–Crippen MR) is 110 cm³/mol. The second-order valence-corrected chi connectivity index (χ2v) is 8.37. The van der Waals surface area contributed by atoms with Gasteiger partial charge in [-0.25, -0.2) is 4.98 Å². The van der Waals surface area contributed by atoms with E-state index in [2.05, 4.69) is 27.4 Å². The summed E-state index contributed by atoms with van der Waals surface area (Å²) < 4.78 is 0. The predicted octanol–water partition coefficient (Wildman–Crippen LogP) is 3.03. The molecule has 4 heterocycles. The molecule has 5 rings (SSSR count). The lowest BCUT2D eigenvalue weighted by Crippen LogP contribution is -2.28. The van der Waals surface area contributed by atoms with E-state index >= 15 is 0 Å². The van der Waals surface area contributed by atoms with Crippen LogP contribution >= 0.6 is 0 Å². The van der Waals surface area contributed by atoms with Crippen LogP contribution in [0.1, 0.15) is 41.9 Å². The normalized spacial score (nSPS) is 25.7. The number of anilines is 1. The quantitative estimate of drug-likeness (QED) is 0.820. The number of carbonyl (C=O) groups excluding carboxylic acids is 2. The summed E-state index contributed by atoms with van der Waals surface area (Å²) in [6, 6.07) is 6.24. The number of nitrogens with zero attached hydrogens (tertiary/aromatic N) is 3. The number of amides is 2. The fraction of sp³-hybridized carbons (Fsp3) is 0.391. The first-order valence-corrected chi connectivity index (χ1v) is 10.3. The van der Waals surface area contributed by atoms with Gasteiger partial charge in [-0.15, -0.1) is 0 Å². The molecule has 2 aromatic heterocycles. The zero-order chi connectivity index (χ0) is 19.8. The van der Waals surface area contributed by atoms with Crippen molar-refractivity contribution in [3.63, 3.8) is 0 Å². The van der Waals surface area contributed by atoms with Gasteiger partial charge in [0, 0.05) is 44.2 Å². The Bertz CT molecular complexity index is 958. The number of aromatic nitrogens is 2. The maximum absolute atomic E-state index is 12.7. The van der Waals surface area contributed by atoms with Crippen molar-refractivity contribution in [3.05, 3.63) is 59.6 Å². The van der Waals surface area contributed by atoms with Gasteiger partial charge in [0.25, 0.3) is 0 Å². The van der Waals surface area contributed by atoms with Gasteiger partial charge < -0.3 is 10.2 Å². The van der Waals surface area contributed by atoms with Crippen LogP contribution in [0.2, 0.25) is 0 Å². The van der Waals surface area contributed by atoms with E-state index in [0.717, 1.165) is 37.1 Å². The summed E-state index contributed by atoms with van der Waals surface area (Å²) in [7, 11) is 0. The number of nitrogens with one attached hydrogen (secondary N) is 1. The Labute approximate surface area is 170 Å². The van der Waals surface area contributed by atoms with Crippen LogP contribution < -0.4 is 5.32 Å². The standard InChI is InChI=1S/C23H24N4O2/c28-21-3-2-17-9-15(12-25-23(17)26-21)1-4-22(29)27-13-19-10-18(11-20(19)14-27)16-5-7-24-8-6-16/h1,4-9,12,18-20H,2-3,10-11,13-14H2,(H,25,26,28)/b4-1+/t18?,19-,20?/m0/s1. The number of rotatable bonds is 3. The summed E-state index contributed by atoms with van der Waals surface area (Å²) in [6.45, 7) is 1.70. The Hall–Kier alpha value is -3.02. The lowest BCUT2D eigenvalue weighted by molar-refractivity contribution is -0.125. The molecule has 1 saturated heterocycles. The Balaban J connectivity index is 1.19. The average Bonchev–Trinajstić information content (AvgIpc) is 3.32. The molecule has 148 valence electrons. The van der Waals surface area contributed by atoms with Gasteiger partial charge in [-0.05, 0) is 78.0 Å². The average molecular weight is 388 g/mol. The monoisotopic (exact) mass is 388 g/mol. The van der Waals surface area contributed by atoms with Crippen LogP contribution in [0.15, 0.2) is 42.9 Å². The minimum absolute atomic E-state index is 0.00854. The lowest BCUT2D eigenvalue weighted by Gasteiger charge is -2.18. The molecular formula is C23H24N4O2. The van der Waals surface area contributed by atoms with Gasteiger partial charge in [-0.2, -0.15) is 0 Å². The van der Waals surface area contributed by atoms with E-state index in [1.54, 1.807) is 12.3 Å². The van der Waals surface area contributed by atoms with Gasteiger partial charge in [0.15, 0.2) is 0 Å². The maximum Gasteiger partial charge on any atom is 0.246 e. The van der Waals surface area contributed by atoms with E-state index in [4.69, 9.17) is 0 Å². The molecule has 1 aliphatic carbocycles. The first kappa shape index (κ1) is 18.0. The highest BCUT2D eigenvalue weighted by atomic mass is 16.2. The van der Waals surface area contributed by atoms with Crippen molar-refractivity contribution in [1.82, 2.24) is 14.9 Å². The highest BCUT2D eigenvalue weighted by Gasteiger charge is 2.42. The number of likely N-dealkylation sites (tertiary alicyclic amines) is 1. The number of aryl methyl sites for hydroxylation is 1. The number of hydrogen-bond acceptors (Lipinski definition) is 4. The van der Waals surface area contributed by atoms with Gasteiger partial charge in [0.05, 0.1) is 0 Å². The third-order valence-corrected chi connectivity index (χ3v) is 6.53. The fourth-order valence-corrected chi connectivity index (χ4v) is 5.03. The molecule has 0 spiro atoms. The third-order valence-electron chi connectivity index (χ3n) is 6.53. The smallest absolute Gasteiger partial charge is 0.246 e. The van der Waals surface area contributed by atoms with Crippen molar-refractivity contribution in [2.24, 2.45) is 11.8 Å². The largest absolute Gasteiger partial charge is 0.339 e. The number of pyridine rings is 2. The van der Waals surface area contributed by atoms with Crippen LogP contribution in [0.5, 0.6) is 0 Å². The summed E-state index contributed by atoms with van der Waals surface area (Å²) in [4.78, 5) is 34.5. The molecule has 6 nitrogen and oxygen atoms in total. The van der Waals surface area contributed by atoms with Crippen molar-refractivity contribution in [2.45, 2.75) is 31.6 Å². The van der Waals surface area contributed by atoms with E-state index < -0.39 is 0 Å². The second-order valence-electron chi connectivity index (χ2n) is 8.37. The van der Waals surface area contributed by atoms with Crippen LogP contribution in [0.3, 0.4) is 0 Å². The minimum Gasteiger partial charge on any atom is -0.339 e. The lowest BCUT2D eigenvalue weighted by atomic mass is 9.97. The van der Waals surface area contributed by atoms with Crippen molar-refractivity contribution in [1.29, 1.82) is 0 Å². The molecular weight excluding hydrogens is 364 g/mol. The highest BCUT2D eigenvalue weighted by molar-refractivity contribution is 5.94. The second kappa shape index (κ2) is 7.43. The molecule has 3 aliphatic rings. The van der Waals surface area contributed by atoms with Gasteiger partial charge in [-0.3, -0.25) is 14.6 Å². The van der Waals surface area contributed by atoms with E-state index in [-0.39, 0.29) is 11.8 Å². The van der Waals surface area contributed by atoms with Crippen LogP contribution in [0, 0.1) is 11.8 Å². The topological polar surface area (TPSA) is 75.2 Å². The summed E-state index contributed by atoms with van der Waals surface area (Å²) in [6.07, 6.45) is 12.4. The Morgan fingerprint density at radius 2 is 1.90 bits per heavy atom. The van der Waals surface area contributed by atoms with Crippen molar-refractivity contribution < 1.29 is 9.59 Å². The van der Waals surface area contributed by atoms with Crippen molar-refractivity contribution in [2.75, 3.05) is 18.4 Å². The van der Waals surface area contributed by atoms with Crippen LogP contribution in [-0.2, 0) is 16.0 Å². The maximum atomic E-state index is 12.7. The molecule has 2 aromatic rings. The highest BCUT2D eigenvalue weighted by Crippen LogP contribution is 2.46. The molecule has 0 radical (unpaired) electrons. The first-order valence-electron chi connectivity index (χ1n) is 10.3. The van der Waals surface area contributed by atoms with E-state index in [9.17, 15) is 9.59 Å². The van der Waals surface area contributed by atoms with Gasteiger partial charge in [-0.1, -0.05) is 0 Å². The Morgan fingerprint density at radius 1 is 1.14 bits per heavy atom. The fourth-order valence-electron chi connectivity index (χ4n) is 5.03. The van der Waals surface area contributed by atoms with E-state index in [1.165, 1.54) is 5.56 Å². The Morgan fingerprint density at radius 3 is 2.66 bits per heavy atom. The zero-order valence-electron chi connectivity index (χ0n) is 16.3. The molecule has 1 N–H and O–H groups in total. The molecule has 29 heavy (non-hydrogen) atoms. The van der Waals surface area contributed by atoms with Crippen molar-refractivity contribution in [3.8, 4) is 0 Å². The van der Waals surface area contributed by atoms with Crippen LogP contribution in [0.4, 0.5) is 5.82 Å². The SMILES string of the molecule is O=C1CCc2cc(/C=C/C(=O)N3CC4CC(c5ccncc5)C[C@H]4C3)cnc2N1. The summed E-state index contributed by atoms with van der Waals surface area (Å²) >= 11 is 0. The molecule has 2 unspecified atom stereocenters. The molecule has 1 saturated carbocycles. The minimum atomic E-state index is 0.00854. The first-order chi connectivity index (χ1) is 14.2.